The number of hydrogen-bond donors (Lipinski definition) is 3. The molecule has 0 aromatic rings. The highest BCUT2D eigenvalue weighted by Crippen LogP contribution is 2.10. The van der Waals surface area contributed by atoms with Crippen molar-refractivity contribution >= 4 is 16.2 Å². The molecular formula is C10H22N2O4S. The highest BCUT2D eigenvalue weighted by molar-refractivity contribution is 7.87. The third kappa shape index (κ3) is 6.60. The lowest BCUT2D eigenvalue weighted by molar-refractivity contribution is -0.140. The third-order valence-corrected chi connectivity index (χ3v) is 3.65. The Bertz CT molecular complexity index is 359. The minimum Gasteiger partial charge on any atom is -0.480 e. The molecule has 2 atom stereocenters. The zero-order valence-electron chi connectivity index (χ0n) is 10.9. The monoisotopic (exact) mass is 266 g/mol. The maximum Gasteiger partial charge on any atom is 0.322 e. The lowest BCUT2D eigenvalue weighted by Crippen LogP contribution is -2.53. The fourth-order valence-corrected chi connectivity index (χ4v) is 2.78. The first-order valence-electron chi connectivity index (χ1n) is 5.52. The second-order valence-corrected chi connectivity index (χ2v) is 6.62. The van der Waals surface area contributed by atoms with Gasteiger partial charge in [-0.3, -0.25) is 4.79 Å². The van der Waals surface area contributed by atoms with Crippen LogP contribution in [-0.4, -0.2) is 31.1 Å². The van der Waals surface area contributed by atoms with Gasteiger partial charge in [0.05, 0.1) is 0 Å². The largest absolute Gasteiger partial charge is 0.480 e. The summed E-state index contributed by atoms with van der Waals surface area (Å²) in [5.74, 6) is -1.44. The van der Waals surface area contributed by atoms with Gasteiger partial charge >= 0.3 is 5.97 Å². The third-order valence-electron chi connectivity index (χ3n) is 2.20. The molecule has 102 valence electrons. The van der Waals surface area contributed by atoms with E-state index in [1.807, 2.05) is 6.92 Å². The molecule has 0 bridgehead atoms. The number of aliphatic carboxylic acids is 1. The summed E-state index contributed by atoms with van der Waals surface area (Å²) in [6, 6.07) is -1.11. The van der Waals surface area contributed by atoms with Crippen LogP contribution in [0, 0.1) is 5.92 Å². The number of carbonyl (C=O) groups is 1. The van der Waals surface area contributed by atoms with Gasteiger partial charge in [0, 0.05) is 5.54 Å². The van der Waals surface area contributed by atoms with Crippen LogP contribution < -0.4 is 9.44 Å². The van der Waals surface area contributed by atoms with Gasteiger partial charge in [0.25, 0.3) is 10.2 Å². The summed E-state index contributed by atoms with van der Waals surface area (Å²) in [4.78, 5) is 11.0. The average Bonchev–Trinajstić information content (AvgIpc) is 2.08. The molecule has 0 aromatic carbocycles. The number of carboxylic acid groups (broad SMARTS) is 1. The van der Waals surface area contributed by atoms with E-state index >= 15 is 0 Å². The van der Waals surface area contributed by atoms with Crippen molar-refractivity contribution in [3.8, 4) is 0 Å². The minimum absolute atomic E-state index is 0.274. The first kappa shape index (κ1) is 16.3. The van der Waals surface area contributed by atoms with Crippen LogP contribution in [0.5, 0.6) is 0 Å². The van der Waals surface area contributed by atoms with E-state index < -0.39 is 27.8 Å². The predicted molar refractivity (Wildman–Crippen MR) is 65.8 cm³/mol. The first-order valence-corrected chi connectivity index (χ1v) is 7.01. The van der Waals surface area contributed by atoms with Crippen LogP contribution in [0.2, 0.25) is 0 Å². The molecule has 0 aromatic heterocycles. The van der Waals surface area contributed by atoms with Crippen molar-refractivity contribution in [1.82, 2.24) is 9.44 Å². The molecule has 0 aliphatic carbocycles. The van der Waals surface area contributed by atoms with E-state index in [9.17, 15) is 13.2 Å². The Morgan fingerprint density at radius 3 is 2.12 bits per heavy atom. The molecule has 7 heteroatoms. The zero-order chi connectivity index (χ0) is 13.9. The highest BCUT2D eigenvalue weighted by atomic mass is 32.2. The van der Waals surface area contributed by atoms with Gasteiger partial charge in [-0.15, -0.1) is 0 Å². The molecule has 2 unspecified atom stereocenters. The van der Waals surface area contributed by atoms with Crippen LogP contribution in [0.4, 0.5) is 0 Å². The fourth-order valence-electron chi connectivity index (χ4n) is 1.25. The van der Waals surface area contributed by atoms with Gasteiger partial charge in [-0.25, -0.2) is 0 Å². The Balaban J connectivity index is 4.83. The smallest absolute Gasteiger partial charge is 0.322 e. The maximum atomic E-state index is 11.7. The van der Waals surface area contributed by atoms with Gasteiger partial charge in [-0.2, -0.15) is 17.9 Å². The molecule has 0 heterocycles. The van der Waals surface area contributed by atoms with E-state index in [1.54, 1.807) is 27.7 Å². The molecule has 0 spiro atoms. The quantitative estimate of drug-likeness (QED) is 0.659. The van der Waals surface area contributed by atoms with E-state index in [-0.39, 0.29) is 5.92 Å². The Morgan fingerprint density at radius 1 is 1.35 bits per heavy atom. The van der Waals surface area contributed by atoms with Crippen LogP contribution in [0.1, 0.15) is 41.0 Å². The van der Waals surface area contributed by atoms with Gasteiger partial charge in [-0.05, 0) is 26.7 Å². The maximum absolute atomic E-state index is 11.7. The van der Waals surface area contributed by atoms with Crippen molar-refractivity contribution < 1.29 is 18.3 Å². The number of carboxylic acids is 1. The molecule has 6 nitrogen and oxygen atoms in total. The number of nitrogens with one attached hydrogen (secondary N) is 2. The summed E-state index contributed by atoms with van der Waals surface area (Å²) in [7, 11) is -3.82. The molecule has 0 rings (SSSR count). The van der Waals surface area contributed by atoms with Gasteiger partial charge in [0.15, 0.2) is 0 Å². The number of hydrogen-bond acceptors (Lipinski definition) is 3. The van der Waals surface area contributed by atoms with Crippen LogP contribution in [0.3, 0.4) is 0 Å². The van der Waals surface area contributed by atoms with Crippen molar-refractivity contribution in [2.75, 3.05) is 0 Å². The van der Waals surface area contributed by atoms with Gasteiger partial charge in [-0.1, -0.05) is 20.3 Å². The Labute approximate surface area is 103 Å². The van der Waals surface area contributed by atoms with E-state index in [2.05, 4.69) is 9.44 Å². The lowest BCUT2D eigenvalue weighted by atomic mass is 10.0. The number of rotatable bonds is 6. The van der Waals surface area contributed by atoms with E-state index in [1.165, 1.54) is 0 Å². The van der Waals surface area contributed by atoms with Crippen molar-refractivity contribution in [1.29, 1.82) is 0 Å². The lowest BCUT2D eigenvalue weighted by Gasteiger charge is -2.24. The van der Waals surface area contributed by atoms with Gasteiger partial charge in [0.1, 0.15) is 6.04 Å². The minimum atomic E-state index is -3.82. The van der Waals surface area contributed by atoms with Crippen molar-refractivity contribution in [2.45, 2.75) is 52.6 Å². The SMILES string of the molecule is CCC(C)C(NS(=O)(=O)NC(C)(C)C)C(=O)O. The van der Waals surface area contributed by atoms with Crippen LogP contribution >= 0.6 is 0 Å². The first-order chi connectivity index (χ1) is 7.48. The van der Waals surface area contributed by atoms with Crippen molar-refractivity contribution in [2.24, 2.45) is 5.92 Å². The second kappa shape index (κ2) is 5.79. The average molecular weight is 266 g/mol. The highest BCUT2D eigenvalue weighted by Gasteiger charge is 2.30. The molecule has 0 fully saturated rings. The van der Waals surface area contributed by atoms with Crippen LogP contribution in [-0.2, 0) is 15.0 Å². The van der Waals surface area contributed by atoms with Gasteiger partial charge in [0.2, 0.25) is 0 Å². The summed E-state index contributed by atoms with van der Waals surface area (Å²) in [6.07, 6.45) is 0.578. The van der Waals surface area contributed by atoms with Crippen LogP contribution in [0.25, 0.3) is 0 Å². The molecule has 0 amide bonds. The Morgan fingerprint density at radius 2 is 1.82 bits per heavy atom. The summed E-state index contributed by atoms with van der Waals surface area (Å²) in [6.45, 7) is 8.56. The molecule has 0 aliphatic rings. The molecular weight excluding hydrogens is 244 g/mol. The molecule has 0 saturated heterocycles. The zero-order valence-corrected chi connectivity index (χ0v) is 11.8. The van der Waals surface area contributed by atoms with E-state index in [0.29, 0.717) is 6.42 Å². The normalized spacial score (nSPS) is 16.5. The van der Waals surface area contributed by atoms with Crippen molar-refractivity contribution in [3.05, 3.63) is 0 Å². The van der Waals surface area contributed by atoms with Crippen LogP contribution in [0.15, 0.2) is 0 Å². The molecule has 17 heavy (non-hydrogen) atoms. The standard InChI is InChI=1S/C10H22N2O4S/c1-6-7(2)8(9(13)14)11-17(15,16)12-10(3,4)5/h7-8,11-12H,6H2,1-5H3,(H,13,14). The molecule has 3 N–H and O–H groups in total. The van der Waals surface area contributed by atoms with E-state index in [4.69, 9.17) is 5.11 Å². The van der Waals surface area contributed by atoms with Gasteiger partial charge < -0.3 is 5.11 Å². The molecule has 0 radical (unpaired) electrons. The summed E-state index contributed by atoms with van der Waals surface area (Å²) >= 11 is 0. The molecule has 0 saturated carbocycles. The van der Waals surface area contributed by atoms with Crippen molar-refractivity contribution in [3.63, 3.8) is 0 Å². The Hall–Kier alpha value is -0.660. The summed E-state index contributed by atoms with van der Waals surface area (Å²) in [5, 5.41) is 8.98. The van der Waals surface area contributed by atoms with E-state index in [0.717, 1.165) is 0 Å². The Kier molecular flexibility index (Phi) is 5.57. The summed E-state index contributed by atoms with van der Waals surface area (Å²) in [5.41, 5.74) is -0.648. The fraction of sp³-hybridized carbons (Fsp3) is 0.900. The topological polar surface area (TPSA) is 95.5 Å². The molecule has 0 aliphatic heterocycles. The second-order valence-electron chi connectivity index (χ2n) is 5.17. The predicted octanol–water partition coefficient (Wildman–Crippen LogP) is 0.708. The summed E-state index contributed by atoms with van der Waals surface area (Å²) < 4.78 is 27.9.